The number of carbonyl (C=O) groups excluding carboxylic acids is 1. The number of benzene rings is 1. The molecule has 0 radical (unpaired) electrons. The van der Waals surface area contributed by atoms with Crippen molar-refractivity contribution in [1.82, 2.24) is 10.6 Å². The maximum absolute atomic E-state index is 12.1. The van der Waals surface area contributed by atoms with Crippen LogP contribution < -0.4 is 10.6 Å². The standard InChI is InChI=1S/C16H22N2OS.ClH/c19-16(6-5-12-7-9-17-11-12)18-14-8-10-20-15-4-2-1-3-13(14)15;/h1-4,12,14,17H,5-11H2,(H,18,19);1H. The highest BCUT2D eigenvalue weighted by atomic mass is 35.5. The van der Waals surface area contributed by atoms with Gasteiger partial charge in [-0.3, -0.25) is 4.79 Å². The first-order chi connectivity index (χ1) is 9.83. The highest BCUT2D eigenvalue weighted by molar-refractivity contribution is 7.99. The van der Waals surface area contributed by atoms with E-state index < -0.39 is 0 Å². The van der Waals surface area contributed by atoms with Gasteiger partial charge in [-0.05, 0) is 49.9 Å². The minimum atomic E-state index is 0. The van der Waals surface area contributed by atoms with E-state index in [1.54, 1.807) is 0 Å². The van der Waals surface area contributed by atoms with Gasteiger partial charge in [0.25, 0.3) is 0 Å². The third kappa shape index (κ3) is 4.38. The van der Waals surface area contributed by atoms with Gasteiger partial charge in [0.1, 0.15) is 0 Å². The fourth-order valence-corrected chi connectivity index (χ4v) is 4.18. The second-order valence-electron chi connectivity index (χ2n) is 5.69. The molecule has 0 bridgehead atoms. The van der Waals surface area contributed by atoms with Gasteiger partial charge in [0.2, 0.25) is 5.91 Å². The molecule has 3 nitrogen and oxygen atoms in total. The number of carbonyl (C=O) groups is 1. The van der Waals surface area contributed by atoms with E-state index in [0.29, 0.717) is 12.3 Å². The van der Waals surface area contributed by atoms with Crippen LogP contribution in [0.5, 0.6) is 0 Å². The van der Waals surface area contributed by atoms with E-state index >= 15 is 0 Å². The highest BCUT2D eigenvalue weighted by Gasteiger charge is 2.22. The summed E-state index contributed by atoms with van der Waals surface area (Å²) < 4.78 is 0. The minimum Gasteiger partial charge on any atom is -0.349 e. The van der Waals surface area contributed by atoms with E-state index in [-0.39, 0.29) is 24.4 Å². The van der Waals surface area contributed by atoms with Crippen molar-refractivity contribution in [3.05, 3.63) is 29.8 Å². The summed E-state index contributed by atoms with van der Waals surface area (Å²) in [4.78, 5) is 13.5. The van der Waals surface area contributed by atoms with Crippen LogP contribution in [0.25, 0.3) is 0 Å². The zero-order valence-electron chi connectivity index (χ0n) is 12.1. The molecule has 0 aliphatic carbocycles. The molecule has 0 aromatic heterocycles. The minimum absolute atomic E-state index is 0. The molecule has 2 heterocycles. The number of amides is 1. The van der Waals surface area contributed by atoms with Crippen molar-refractivity contribution in [3.8, 4) is 0 Å². The fraction of sp³-hybridized carbons (Fsp3) is 0.562. The summed E-state index contributed by atoms with van der Waals surface area (Å²) in [6.45, 7) is 2.19. The highest BCUT2D eigenvalue weighted by Crippen LogP contribution is 2.35. The molecule has 0 saturated carbocycles. The van der Waals surface area contributed by atoms with E-state index in [4.69, 9.17) is 0 Å². The third-order valence-electron chi connectivity index (χ3n) is 4.24. The molecular formula is C16H23ClN2OS. The number of thioether (sulfide) groups is 1. The Morgan fingerprint density at radius 2 is 2.19 bits per heavy atom. The summed E-state index contributed by atoms with van der Waals surface area (Å²) >= 11 is 1.89. The van der Waals surface area contributed by atoms with Gasteiger partial charge in [0.15, 0.2) is 0 Å². The summed E-state index contributed by atoms with van der Waals surface area (Å²) in [7, 11) is 0. The number of rotatable bonds is 4. The maximum Gasteiger partial charge on any atom is 0.220 e. The van der Waals surface area contributed by atoms with E-state index in [0.717, 1.165) is 31.7 Å². The molecule has 3 rings (SSSR count). The molecule has 116 valence electrons. The van der Waals surface area contributed by atoms with Crippen LogP contribution in [0.15, 0.2) is 29.2 Å². The van der Waals surface area contributed by atoms with Gasteiger partial charge in [-0.1, -0.05) is 18.2 Å². The summed E-state index contributed by atoms with van der Waals surface area (Å²) in [5.74, 6) is 1.99. The van der Waals surface area contributed by atoms with Crippen molar-refractivity contribution < 1.29 is 4.79 Å². The number of halogens is 1. The van der Waals surface area contributed by atoms with Crippen molar-refractivity contribution in [2.75, 3.05) is 18.8 Å². The average molecular weight is 327 g/mol. The molecule has 5 heteroatoms. The smallest absolute Gasteiger partial charge is 0.220 e. The van der Waals surface area contributed by atoms with Crippen molar-refractivity contribution in [3.63, 3.8) is 0 Å². The zero-order chi connectivity index (χ0) is 13.8. The number of fused-ring (bicyclic) bond motifs is 1. The molecule has 0 spiro atoms. The van der Waals surface area contributed by atoms with Crippen LogP contribution in [-0.4, -0.2) is 24.7 Å². The molecular weight excluding hydrogens is 304 g/mol. The van der Waals surface area contributed by atoms with Crippen LogP contribution in [0.1, 0.15) is 37.3 Å². The molecule has 2 unspecified atom stereocenters. The van der Waals surface area contributed by atoms with E-state index in [9.17, 15) is 4.79 Å². The molecule has 2 N–H and O–H groups in total. The molecule has 1 aromatic carbocycles. The molecule has 1 saturated heterocycles. The first-order valence-corrected chi connectivity index (χ1v) is 8.53. The van der Waals surface area contributed by atoms with E-state index in [1.165, 1.54) is 16.9 Å². The van der Waals surface area contributed by atoms with Crippen molar-refractivity contribution in [2.24, 2.45) is 5.92 Å². The van der Waals surface area contributed by atoms with Crippen molar-refractivity contribution in [2.45, 2.75) is 36.6 Å². The zero-order valence-corrected chi connectivity index (χ0v) is 13.8. The van der Waals surface area contributed by atoms with E-state index in [2.05, 4.69) is 34.9 Å². The van der Waals surface area contributed by atoms with Crippen LogP contribution in [0.2, 0.25) is 0 Å². The number of nitrogens with one attached hydrogen (secondary N) is 2. The van der Waals surface area contributed by atoms with Gasteiger partial charge in [-0.15, -0.1) is 24.2 Å². The van der Waals surface area contributed by atoms with Crippen LogP contribution in [0, 0.1) is 5.92 Å². The quantitative estimate of drug-likeness (QED) is 0.893. The van der Waals surface area contributed by atoms with Gasteiger partial charge in [0.05, 0.1) is 6.04 Å². The Balaban J connectivity index is 0.00000161. The lowest BCUT2D eigenvalue weighted by Gasteiger charge is -2.26. The molecule has 2 aliphatic rings. The Labute approximate surface area is 137 Å². The van der Waals surface area contributed by atoms with Gasteiger partial charge >= 0.3 is 0 Å². The first-order valence-electron chi connectivity index (χ1n) is 7.55. The van der Waals surface area contributed by atoms with Crippen molar-refractivity contribution in [1.29, 1.82) is 0 Å². The van der Waals surface area contributed by atoms with Gasteiger partial charge in [0, 0.05) is 17.1 Å². The van der Waals surface area contributed by atoms with Gasteiger partial charge < -0.3 is 10.6 Å². The maximum atomic E-state index is 12.1. The molecule has 2 aliphatic heterocycles. The summed E-state index contributed by atoms with van der Waals surface area (Å²) in [5, 5.41) is 6.58. The number of hydrogen-bond donors (Lipinski definition) is 2. The summed E-state index contributed by atoms with van der Waals surface area (Å²) in [6, 6.07) is 8.65. The molecule has 1 fully saturated rings. The molecule has 1 aromatic rings. The lowest BCUT2D eigenvalue weighted by molar-refractivity contribution is -0.122. The van der Waals surface area contributed by atoms with E-state index in [1.807, 2.05) is 11.8 Å². The Morgan fingerprint density at radius 1 is 1.33 bits per heavy atom. The Kier molecular flexibility index (Phi) is 6.40. The fourth-order valence-electron chi connectivity index (χ4n) is 3.05. The second kappa shape index (κ2) is 8.06. The van der Waals surface area contributed by atoms with Crippen LogP contribution in [0.4, 0.5) is 0 Å². The summed E-state index contributed by atoms with van der Waals surface area (Å²) in [5.41, 5.74) is 1.29. The van der Waals surface area contributed by atoms with Gasteiger partial charge in [-0.2, -0.15) is 0 Å². The first kappa shape index (κ1) is 16.7. The normalized spacial score (nSPS) is 24.0. The Hall–Kier alpha value is -0.710. The molecule has 1 amide bonds. The second-order valence-corrected chi connectivity index (χ2v) is 6.83. The predicted octanol–water partition coefficient (Wildman–Crippen LogP) is 3.15. The topological polar surface area (TPSA) is 41.1 Å². The predicted molar refractivity (Wildman–Crippen MR) is 90.1 cm³/mol. The Morgan fingerprint density at radius 3 is 3.00 bits per heavy atom. The molecule has 2 atom stereocenters. The van der Waals surface area contributed by atoms with Crippen LogP contribution >= 0.6 is 24.2 Å². The number of hydrogen-bond acceptors (Lipinski definition) is 3. The monoisotopic (exact) mass is 326 g/mol. The van der Waals surface area contributed by atoms with Crippen LogP contribution in [0.3, 0.4) is 0 Å². The lowest BCUT2D eigenvalue weighted by Crippen LogP contribution is -2.30. The summed E-state index contributed by atoms with van der Waals surface area (Å²) in [6.07, 6.45) is 3.94. The lowest BCUT2D eigenvalue weighted by atomic mass is 10.0. The van der Waals surface area contributed by atoms with Crippen LogP contribution in [-0.2, 0) is 4.79 Å². The SMILES string of the molecule is Cl.O=C(CCC1CCNC1)NC1CCSc2ccccc21. The van der Waals surface area contributed by atoms with Gasteiger partial charge in [-0.25, -0.2) is 0 Å². The average Bonchev–Trinajstić information content (AvgIpc) is 2.99. The molecule has 21 heavy (non-hydrogen) atoms. The van der Waals surface area contributed by atoms with Crippen molar-refractivity contribution >= 4 is 30.1 Å². The Bertz CT molecular complexity index is 477. The third-order valence-corrected chi connectivity index (χ3v) is 5.36. The largest absolute Gasteiger partial charge is 0.349 e.